The Morgan fingerprint density at radius 1 is 1.05 bits per heavy atom. The predicted octanol–water partition coefficient (Wildman–Crippen LogP) is 2.28. The van der Waals surface area contributed by atoms with E-state index in [1.54, 1.807) is 22.7 Å². The zero-order chi connectivity index (χ0) is 14.8. The van der Waals surface area contributed by atoms with Crippen molar-refractivity contribution >= 4 is 32.9 Å². The zero-order valence-electron chi connectivity index (χ0n) is 12.3. The summed E-state index contributed by atoms with van der Waals surface area (Å²) >= 11 is 3.37. The summed E-state index contributed by atoms with van der Waals surface area (Å²) in [5.41, 5.74) is 0. The molecule has 6 nitrogen and oxygen atoms in total. The molecule has 1 atom stereocenters. The van der Waals surface area contributed by atoms with Crippen LogP contribution in [0.4, 0.5) is 10.3 Å². The molecule has 0 bridgehead atoms. The van der Waals surface area contributed by atoms with Gasteiger partial charge in [-0.2, -0.15) is 0 Å². The van der Waals surface area contributed by atoms with Crippen LogP contribution in [0.15, 0.2) is 23.2 Å². The largest absolute Gasteiger partial charge is 0.377 e. The molecule has 2 aromatic heterocycles. The Hall–Kier alpha value is -1.22. The molecule has 118 valence electrons. The quantitative estimate of drug-likeness (QED) is 0.853. The van der Waals surface area contributed by atoms with E-state index in [0.29, 0.717) is 6.10 Å². The van der Waals surface area contributed by atoms with Crippen molar-refractivity contribution < 1.29 is 4.74 Å². The highest BCUT2D eigenvalue weighted by atomic mass is 32.1. The summed E-state index contributed by atoms with van der Waals surface area (Å²) in [6.45, 7) is 4.52. The Bertz CT molecular complexity index is 528. The first-order valence-corrected chi connectivity index (χ1v) is 9.27. The van der Waals surface area contributed by atoms with Gasteiger partial charge in [-0.1, -0.05) is 0 Å². The summed E-state index contributed by atoms with van der Waals surface area (Å²) in [7, 11) is 0. The lowest BCUT2D eigenvalue weighted by Gasteiger charge is -2.42. The third kappa shape index (κ3) is 3.10. The third-order valence-electron chi connectivity index (χ3n) is 3.95. The first-order chi connectivity index (χ1) is 10.9. The summed E-state index contributed by atoms with van der Waals surface area (Å²) in [6, 6.07) is 0. The molecule has 2 aromatic rings. The summed E-state index contributed by atoms with van der Waals surface area (Å²) in [5.74, 6) is 0. The first-order valence-electron chi connectivity index (χ1n) is 7.51. The van der Waals surface area contributed by atoms with Crippen LogP contribution < -0.4 is 9.80 Å². The Labute approximate surface area is 138 Å². The monoisotopic (exact) mass is 337 g/mol. The maximum atomic E-state index is 5.80. The molecule has 0 radical (unpaired) electrons. The average molecular weight is 337 g/mol. The molecule has 4 heterocycles. The van der Waals surface area contributed by atoms with E-state index in [1.807, 2.05) is 23.2 Å². The van der Waals surface area contributed by atoms with Gasteiger partial charge in [-0.05, 0) is 12.8 Å². The topological polar surface area (TPSA) is 44.7 Å². The Kier molecular flexibility index (Phi) is 4.24. The van der Waals surface area contributed by atoms with Crippen molar-refractivity contribution in [2.24, 2.45) is 0 Å². The van der Waals surface area contributed by atoms with E-state index in [2.05, 4.69) is 24.7 Å². The highest BCUT2D eigenvalue weighted by molar-refractivity contribution is 7.14. The van der Waals surface area contributed by atoms with Crippen LogP contribution in [0.1, 0.15) is 12.8 Å². The first kappa shape index (κ1) is 14.4. The van der Waals surface area contributed by atoms with Gasteiger partial charge in [0, 0.05) is 36.3 Å². The minimum atomic E-state index is 0.370. The lowest BCUT2D eigenvalue weighted by molar-refractivity contribution is 0.0689. The van der Waals surface area contributed by atoms with E-state index in [4.69, 9.17) is 4.74 Å². The third-order valence-corrected chi connectivity index (χ3v) is 5.61. The van der Waals surface area contributed by atoms with Crippen molar-refractivity contribution in [2.45, 2.75) is 18.9 Å². The van der Waals surface area contributed by atoms with Gasteiger partial charge < -0.3 is 14.5 Å². The smallest absolute Gasteiger partial charge is 0.187 e. The van der Waals surface area contributed by atoms with Crippen LogP contribution >= 0.6 is 22.7 Å². The maximum Gasteiger partial charge on any atom is 0.187 e. The Morgan fingerprint density at radius 2 is 1.73 bits per heavy atom. The molecule has 0 amide bonds. The van der Waals surface area contributed by atoms with Crippen LogP contribution in [-0.4, -0.2) is 54.1 Å². The Morgan fingerprint density at radius 3 is 2.23 bits per heavy atom. The van der Waals surface area contributed by atoms with Crippen LogP contribution in [0.5, 0.6) is 0 Å². The summed E-state index contributed by atoms with van der Waals surface area (Å²) in [6.07, 6.45) is 6.46. The number of rotatable bonds is 4. The van der Waals surface area contributed by atoms with Gasteiger partial charge >= 0.3 is 0 Å². The second kappa shape index (κ2) is 6.49. The van der Waals surface area contributed by atoms with Crippen molar-refractivity contribution in [3.63, 3.8) is 0 Å². The van der Waals surface area contributed by atoms with Gasteiger partial charge in [-0.3, -0.25) is 4.90 Å². The lowest BCUT2D eigenvalue weighted by Crippen LogP contribution is -2.56. The minimum Gasteiger partial charge on any atom is -0.377 e. The predicted molar refractivity (Wildman–Crippen MR) is 89.5 cm³/mol. The molecule has 22 heavy (non-hydrogen) atoms. The van der Waals surface area contributed by atoms with Gasteiger partial charge in [0.2, 0.25) is 0 Å². The Balaban J connectivity index is 1.50. The van der Waals surface area contributed by atoms with Gasteiger partial charge in [-0.25, -0.2) is 9.97 Å². The van der Waals surface area contributed by atoms with Crippen molar-refractivity contribution in [2.75, 3.05) is 43.0 Å². The number of thiazole rings is 2. The number of nitrogens with zero attached hydrogens (tertiary/aromatic N) is 5. The molecule has 2 aliphatic heterocycles. The van der Waals surface area contributed by atoms with Gasteiger partial charge in [-0.15, -0.1) is 22.7 Å². The van der Waals surface area contributed by atoms with E-state index < -0.39 is 0 Å². The van der Waals surface area contributed by atoms with Gasteiger partial charge in [0.15, 0.2) is 10.3 Å². The van der Waals surface area contributed by atoms with Gasteiger partial charge in [0.25, 0.3) is 0 Å². The molecule has 0 aromatic carbocycles. The molecule has 8 heteroatoms. The summed E-state index contributed by atoms with van der Waals surface area (Å²) < 4.78 is 5.80. The molecule has 2 aliphatic rings. The zero-order valence-corrected chi connectivity index (χ0v) is 13.9. The van der Waals surface area contributed by atoms with Crippen LogP contribution in [-0.2, 0) is 4.74 Å². The fraction of sp³-hybridized carbons (Fsp3) is 0.571. The molecule has 0 unspecified atom stereocenters. The van der Waals surface area contributed by atoms with Crippen LogP contribution in [0.3, 0.4) is 0 Å². The molecule has 0 spiro atoms. The van der Waals surface area contributed by atoms with E-state index in [9.17, 15) is 0 Å². The average Bonchev–Trinajstić information content (AvgIpc) is 3.29. The molecular weight excluding hydrogens is 318 g/mol. The summed E-state index contributed by atoms with van der Waals surface area (Å²) in [4.78, 5) is 16.0. The van der Waals surface area contributed by atoms with Crippen LogP contribution in [0, 0.1) is 0 Å². The SMILES string of the molecule is c1csc(N2CN(C[C@H]3CCCO3)CN(c3nccs3)C2)n1. The standard InChI is InChI=1S/C14H19N5OS2/c1-2-12(20-5-1)8-17-9-18(13-15-3-6-21-13)11-19(10-17)14-16-4-7-22-14/h3-4,6-7,12H,1-2,5,8-11H2/t12-/m1/s1. The van der Waals surface area contributed by atoms with Gasteiger partial charge in [0.1, 0.15) is 0 Å². The molecule has 4 rings (SSSR count). The molecule has 0 N–H and O–H groups in total. The van der Waals surface area contributed by atoms with Crippen LogP contribution in [0.25, 0.3) is 0 Å². The van der Waals surface area contributed by atoms with Crippen molar-refractivity contribution in [3.8, 4) is 0 Å². The van der Waals surface area contributed by atoms with E-state index >= 15 is 0 Å². The normalized spacial score (nSPS) is 23.4. The molecule has 0 aliphatic carbocycles. The minimum absolute atomic E-state index is 0.370. The number of anilines is 2. The maximum absolute atomic E-state index is 5.80. The fourth-order valence-electron chi connectivity index (χ4n) is 3.00. The molecule has 2 fully saturated rings. The lowest BCUT2D eigenvalue weighted by atomic mass is 10.2. The molecule has 0 saturated carbocycles. The van der Waals surface area contributed by atoms with Crippen molar-refractivity contribution in [3.05, 3.63) is 23.2 Å². The number of hydrogen-bond acceptors (Lipinski definition) is 8. The van der Waals surface area contributed by atoms with Crippen LogP contribution in [0.2, 0.25) is 0 Å². The van der Waals surface area contributed by atoms with Crippen molar-refractivity contribution in [1.29, 1.82) is 0 Å². The van der Waals surface area contributed by atoms with E-state index in [1.165, 1.54) is 12.8 Å². The highest BCUT2D eigenvalue weighted by Crippen LogP contribution is 2.26. The molecular formula is C14H19N5OS2. The van der Waals surface area contributed by atoms with E-state index in [0.717, 1.165) is 43.4 Å². The van der Waals surface area contributed by atoms with Gasteiger partial charge in [0.05, 0.1) is 26.1 Å². The number of hydrogen-bond donors (Lipinski definition) is 0. The number of aromatic nitrogens is 2. The summed E-state index contributed by atoms with van der Waals surface area (Å²) in [5, 5.41) is 6.20. The second-order valence-electron chi connectivity index (χ2n) is 5.62. The highest BCUT2D eigenvalue weighted by Gasteiger charge is 2.29. The van der Waals surface area contributed by atoms with Crippen molar-refractivity contribution in [1.82, 2.24) is 14.9 Å². The number of ether oxygens (including phenoxy) is 1. The van der Waals surface area contributed by atoms with E-state index in [-0.39, 0.29) is 0 Å². The molecule has 2 saturated heterocycles. The fourth-order valence-corrected chi connectivity index (χ4v) is 4.26. The second-order valence-corrected chi connectivity index (χ2v) is 7.37.